The van der Waals surface area contributed by atoms with Crippen LogP contribution < -0.4 is 10.1 Å². The van der Waals surface area contributed by atoms with Crippen LogP contribution in [0.2, 0.25) is 0 Å². The molecule has 0 bridgehead atoms. The number of nitrogens with one attached hydrogen (secondary N) is 1. The van der Waals surface area contributed by atoms with Crippen molar-refractivity contribution in [1.82, 2.24) is 5.32 Å². The Labute approximate surface area is 119 Å². The summed E-state index contributed by atoms with van der Waals surface area (Å²) < 4.78 is 28.2. The second-order valence-corrected chi connectivity index (χ2v) is 5.02. The van der Waals surface area contributed by atoms with Gasteiger partial charge in [-0.25, -0.2) is 0 Å². The van der Waals surface area contributed by atoms with Crippen LogP contribution in [0.15, 0.2) is 24.3 Å². The predicted octanol–water partition coefficient (Wildman–Crippen LogP) is 2.27. The third kappa shape index (κ3) is 3.48. The van der Waals surface area contributed by atoms with Gasteiger partial charge in [-0.3, -0.25) is 9.59 Å². The summed E-state index contributed by atoms with van der Waals surface area (Å²) in [5, 5.41) is 11.7. The quantitative estimate of drug-likeness (QED) is 0.845. The van der Waals surface area contributed by atoms with E-state index < -0.39 is 23.9 Å². The van der Waals surface area contributed by atoms with Crippen LogP contribution in [0.25, 0.3) is 0 Å². The summed E-state index contributed by atoms with van der Waals surface area (Å²) in [4.78, 5) is 23.1. The first-order chi connectivity index (χ1) is 9.93. The Hall–Kier alpha value is -2.18. The van der Waals surface area contributed by atoms with Crippen LogP contribution in [-0.4, -0.2) is 30.1 Å². The van der Waals surface area contributed by atoms with E-state index in [1.807, 2.05) is 0 Å². The number of benzene rings is 1. The molecule has 1 saturated carbocycles. The lowest BCUT2D eigenvalue weighted by atomic mass is 9.69. The zero-order valence-electron chi connectivity index (χ0n) is 11.1. The number of carboxylic acids is 1. The van der Waals surface area contributed by atoms with Crippen molar-refractivity contribution in [3.8, 4) is 5.75 Å². The Balaban J connectivity index is 1.93. The smallest absolute Gasteiger partial charge is 0.387 e. The summed E-state index contributed by atoms with van der Waals surface area (Å²) in [6.45, 7) is -2.85. The minimum Gasteiger partial charge on any atom is -0.481 e. The monoisotopic (exact) mass is 299 g/mol. The standard InChI is InChI=1S/C14H15F2NO4/c15-13(16)21-10-4-2-9(3-5-10)11(18)17-8-14(12(19)20)6-1-7-14/h2-5,13H,1,6-8H2,(H,17,18)(H,19,20). The highest BCUT2D eigenvalue weighted by Gasteiger charge is 2.44. The van der Waals surface area contributed by atoms with Crippen LogP contribution >= 0.6 is 0 Å². The van der Waals surface area contributed by atoms with Crippen molar-refractivity contribution in [2.75, 3.05) is 6.54 Å². The molecule has 1 amide bonds. The Morgan fingerprint density at radius 3 is 2.33 bits per heavy atom. The molecule has 0 spiro atoms. The summed E-state index contributed by atoms with van der Waals surface area (Å²) in [7, 11) is 0. The molecule has 1 fully saturated rings. The Morgan fingerprint density at radius 1 is 1.29 bits per heavy atom. The fourth-order valence-corrected chi connectivity index (χ4v) is 2.21. The van der Waals surface area contributed by atoms with Crippen LogP contribution in [-0.2, 0) is 4.79 Å². The Morgan fingerprint density at radius 2 is 1.90 bits per heavy atom. The number of carbonyl (C=O) groups excluding carboxylic acids is 1. The minimum atomic E-state index is -2.92. The zero-order valence-corrected chi connectivity index (χ0v) is 11.1. The van der Waals surface area contributed by atoms with Crippen LogP contribution in [0, 0.1) is 5.41 Å². The molecular formula is C14H15F2NO4. The van der Waals surface area contributed by atoms with E-state index in [0.717, 1.165) is 6.42 Å². The summed E-state index contributed by atoms with van der Waals surface area (Å²) in [6, 6.07) is 5.22. The third-order valence-corrected chi connectivity index (χ3v) is 3.69. The molecule has 5 nitrogen and oxygen atoms in total. The van der Waals surface area contributed by atoms with Crippen molar-refractivity contribution in [3.05, 3.63) is 29.8 Å². The molecule has 0 heterocycles. The molecule has 1 aromatic carbocycles. The van der Waals surface area contributed by atoms with Crippen molar-refractivity contribution in [2.45, 2.75) is 25.9 Å². The van der Waals surface area contributed by atoms with Crippen LogP contribution in [0.3, 0.4) is 0 Å². The number of carbonyl (C=O) groups is 2. The van der Waals surface area contributed by atoms with Gasteiger partial charge in [-0.1, -0.05) is 6.42 Å². The van der Waals surface area contributed by atoms with E-state index >= 15 is 0 Å². The molecule has 1 aliphatic rings. The van der Waals surface area contributed by atoms with Crippen molar-refractivity contribution in [1.29, 1.82) is 0 Å². The number of amides is 1. The maximum Gasteiger partial charge on any atom is 0.387 e. The van der Waals surface area contributed by atoms with Gasteiger partial charge in [0.1, 0.15) is 5.75 Å². The average Bonchev–Trinajstić information content (AvgIpc) is 2.37. The molecule has 2 rings (SSSR count). The largest absolute Gasteiger partial charge is 0.481 e. The van der Waals surface area contributed by atoms with Gasteiger partial charge >= 0.3 is 12.6 Å². The maximum atomic E-state index is 12.0. The van der Waals surface area contributed by atoms with Crippen LogP contribution in [0.1, 0.15) is 29.6 Å². The summed E-state index contributed by atoms with van der Waals surface area (Å²) in [6.07, 6.45) is 1.93. The Kier molecular flexibility index (Phi) is 4.40. The van der Waals surface area contributed by atoms with Gasteiger partial charge in [0.05, 0.1) is 5.41 Å². The highest BCUT2D eigenvalue weighted by atomic mass is 19.3. The lowest BCUT2D eigenvalue weighted by molar-refractivity contribution is -0.153. The fraction of sp³-hybridized carbons (Fsp3) is 0.429. The van der Waals surface area contributed by atoms with E-state index in [9.17, 15) is 18.4 Å². The summed E-state index contributed by atoms with van der Waals surface area (Å²) in [5.74, 6) is -1.39. The topological polar surface area (TPSA) is 75.6 Å². The van der Waals surface area contributed by atoms with Crippen molar-refractivity contribution < 1.29 is 28.2 Å². The molecule has 21 heavy (non-hydrogen) atoms. The highest BCUT2D eigenvalue weighted by molar-refractivity contribution is 5.94. The number of alkyl halides is 2. The molecule has 0 aliphatic heterocycles. The van der Waals surface area contributed by atoms with Gasteiger partial charge in [0.25, 0.3) is 5.91 Å². The van der Waals surface area contributed by atoms with Gasteiger partial charge in [0, 0.05) is 12.1 Å². The third-order valence-electron chi connectivity index (χ3n) is 3.69. The van der Waals surface area contributed by atoms with Crippen molar-refractivity contribution in [2.24, 2.45) is 5.41 Å². The molecule has 0 radical (unpaired) electrons. The van der Waals surface area contributed by atoms with Gasteiger partial charge in [-0.05, 0) is 37.1 Å². The molecule has 1 aliphatic carbocycles. The minimum absolute atomic E-state index is 0.0393. The van der Waals surface area contributed by atoms with E-state index in [1.54, 1.807) is 0 Å². The summed E-state index contributed by atoms with van der Waals surface area (Å²) >= 11 is 0. The van der Waals surface area contributed by atoms with Gasteiger partial charge in [-0.15, -0.1) is 0 Å². The molecule has 7 heteroatoms. The normalized spacial score (nSPS) is 16.1. The molecule has 1 aromatic rings. The predicted molar refractivity (Wildman–Crippen MR) is 69.3 cm³/mol. The van der Waals surface area contributed by atoms with E-state index in [-0.39, 0.29) is 17.9 Å². The van der Waals surface area contributed by atoms with Crippen LogP contribution in [0.4, 0.5) is 8.78 Å². The second-order valence-electron chi connectivity index (χ2n) is 5.02. The maximum absolute atomic E-state index is 12.0. The molecule has 0 unspecified atom stereocenters. The zero-order chi connectivity index (χ0) is 15.5. The average molecular weight is 299 g/mol. The van der Waals surface area contributed by atoms with Crippen molar-refractivity contribution >= 4 is 11.9 Å². The summed E-state index contributed by atoms with van der Waals surface area (Å²) in [5.41, 5.74) is -0.606. The number of rotatable bonds is 6. The first-order valence-electron chi connectivity index (χ1n) is 6.49. The SMILES string of the molecule is O=C(NCC1(C(=O)O)CCC1)c1ccc(OC(F)F)cc1. The first kappa shape index (κ1) is 15.2. The molecule has 0 saturated heterocycles. The molecule has 0 atom stereocenters. The first-order valence-corrected chi connectivity index (χ1v) is 6.49. The highest BCUT2D eigenvalue weighted by Crippen LogP contribution is 2.40. The lowest BCUT2D eigenvalue weighted by Crippen LogP contribution is -2.47. The Bertz CT molecular complexity index is 526. The number of halogens is 2. The molecule has 2 N–H and O–H groups in total. The van der Waals surface area contributed by atoms with E-state index in [1.165, 1.54) is 24.3 Å². The molecular weight excluding hydrogens is 284 g/mol. The second kappa shape index (κ2) is 6.07. The van der Waals surface area contributed by atoms with Gasteiger partial charge in [0.2, 0.25) is 0 Å². The van der Waals surface area contributed by atoms with Crippen LogP contribution in [0.5, 0.6) is 5.75 Å². The molecule has 114 valence electrons. The van der Waals surface area contributed by atoms with E-state index in [2.05, 4.69) is 10.1 Å². The molecule has 0 aromatic heterocycles. The van der Waals surface area contributed by atoms with Crippen molar-refractivity contribution in [3.63, 3.8) is 0 Å². The number of ether oxygens (including phenoxy) is 1. The van der Waals surface area contributed by atoms with Gasteiger partial charge < -0.3 is 15.2 Å². The fourth-order valence-electron chi connectivity index (χ4n) is 2.21. The number of hydrogen-bond donors (Lipinski definition) is 2. The van der Waals surface area contributed by atoms with E-state index in [0.29, 0.717) is 12.8 Å². The number of aliphatic carboxylic acids is 1. The van der Waals surface area contributed by atoms with E-state index in [4.69, 9.17) is 5.11 Å². The van der Waals surface area contributed by atoms with Gasteiger partial charge in [0.15, 0.2) is 0 Å². The number of hydrogen-bond acceptors (Lipinski definition) is 3. The lowest BCUT2D eigenvalue weighted by Gasteiger charge is -2.37. The number of carboxylic acid groups (broad SMARTS) is 1. The van der Waals surface area contributed by atoms with Gasteiger partial charge in [-0.2, -0.15) is 8.78 Å².